The smallest absolute Gasteiger partial charge is 0.326 e. The summed E-state index contributed by atoms with van der Waals surface area (Å²) in [5, 5.41) is 18.9. The number of aliphatic hydroxyl groups excluding tert-OH is 1. The standard InChI is InChI=1S/C15H26N2O4/c1-2-4-11-5-3-7-16(8-6-11)15(21)17-10-12(18)9-13(17)14(19)20/h11-13,18H,2-10H2,1H3,(H,19,20)/t11?,12?,13-/m0/s1. The highest BCUT2D eigenvalue weighted by Gasteiger charge is 2.40. The Bertz CT molecular complexity index is 388. The molecule has 0 aromatic rings. The van der Waals surface area contributed by atoms with Gasteiger partial charge in [-0.1, -0.05) is 19.8 Å². The Morgan fingerprint density at radius 2 is 2.00 bits per heavy atom. The predicted octanol–water partition coefficient (Wildman–Crippen LogP) is 1.53. The summed E-state index contributed by atoms with van der Waals surface area (Å²) >= 11 is 0. The van der Waals surface area contributed by atoms with Crippen LogP contribution in [-0.2, 0) is 4.79 Å². The number of hydrogen-bond acceptors (Lipinski definition) is 3. The van der Waals surface area contributed by atoms with Gasteiger partial charge in [-0.25, -0.2) is 9.59 Å². The Morgan fingerprint density at radius 3 is 2.67 bits per heavy atom. The van der Waals surface area contributed by atoms with Gasteiger partial charge in [0.1, 0.15) is 6.04 Å². The normalized spacial score (nSPS) is 30.3. The van der Waals surface area contributed by atoms with Crippen LogP contribution < -0.4 is 0 Å². The molecular formula is C15H26N2O4. The van der Waals surface area contributed by atoms with Crippen molar-refractivity contribution in [1.29, 1.82) is 0 Å². The molecule has 2 amide bonds. The molecule has 2 N–H and O–H groups in total. The molecule has 120 valence electrons. The zero-order valence-corrected chi connectivity index (χ0v) is 12.7. The number of carbonyl (C=O) groups excluding carboxylic acids is 1. The van der Waals surface area contributed by atoms with Crippen molar-refractivity contribution in [1.82, 2.24) is 9.80 Å². The van der Waals surface area contributed by atoms with Crippen LogP contribution in [0.3, 0.4) is 0 Å². The second kappa shape index (κ2) is 7.11. The highest BCUT2D eigenvalue weighted by atomic mass is 16.4. The van der Waals surface area contributed by atoms with E-state index in [1.165, 1.54) is 11.3 Å². The van der Waals surface area contributed by atoms with E-state index in [0.29, 0.717) is 19.0 Å². The van der Waals surface area contributed by atoms with Gasteiger partial charge in [-0.2, -0.15) is 0 Å². The number of carboxylic acid groups (broad SMARTS) is 1. The molecule has 2 saturated heterocycles. The number of β-amino-alcohol motifs (C(OH)–C–C–N with tert-alkyl or cyclic N) is 1. The third-order valence-corrected chi connectivity index (χ3v) is 4.62. The molecule has 2 unspecified atom stereocenters. The van der Waals surface area contributed by atoms with Crippen molar-refractivity contribution in [3.63, 3.8) is 0 Å². The summed E-state index contributed by atoms with van der Waals surface area (Å²) in [7, 11) is 0. The van der Waals surface area contributed by atoms with Crippen molar-refractivity contribution in [3.05, 3.63) is 0 Å². The van der Waals surface area contributed by atoms with Gasteiger partial charge in [0, 0.05) is 26.1 Å². The van der Waals surface area contributed by atoms with E-state index >= 15 is 0 Å². The fourth-order valence-corrected chi connectivity index (χ4v) is 3.49. The van der Waals surface area contributed by atoms with Crippen molar-refractivity contribution in [2.24, 2.45) is 5.92 Å². The van der Waals surface area contributed by atoms with Gasteiger partial charge in [0.15, 0.2) is 0 Å². The largest absolute Gasteiger partial charge is 0.480 e. The minimum Gasteiger partial charge on any atom is -0.480 e. The summed E-state index contributed by atoms with van der Waals surface area (Å²) < 4.78 is 0. The van der Waals surface area contributed by atoms with Crippen LogP contribution in [0, 0.1) is 5.92 Å². The second-order valence-corrected chi connectivity index (χ2v) is 6.25. The summed E-state index contributed by atoms with van der Waals surface area (Å²) in [4.78, 5) is 26.9. The lowest BCUT2D eigenvalue weighted by atomic mass is 9.96. The Kier molecular flexibility index (Phi) is 5.45. The number of urea groups is 1. The number of hydrogen-bond donors (Lipinski definition) is 2. The second-order valence-electron chi connectivity index (χ2n) is 6.25. The van der Waals surface area contributed by atoms with Gasteiger partial charge in [0.2, 0.25) is 0 Å². The molecule has 0 saturated carbocycles. The lowest BCUT2D eigenvalue weighted by Crippen LogP contribution is -2.48. The fourth-order valence-electron chi connectivity index (χ4n) is 3.49. The van der Waals surface area contributed by atoms with Gasteiger partial charge < -0.3 is 20.0 Å². The lowest BCUT2D eigenvalue weighted by Gasteiger charge is -2.29. The molecule has 0 aromatic heterocycles. The molecule has 21 heavy (non-hydrogen) atoms. The molecule has 3 atom stereocenters. The number of carboxylic acids is 1. The molecule has 6 nitrogen and oxygen atoms in total. The molecule has 2 heterocycles. The Hall–Kier alpha value is -1.30. The van der Waals surface area contributed by atoms with E-state index in [0.717, 1.165) is 25.7 Å². The van der Waals surface area contributed by atoms with Gasteiger partial charge in [-0.05, 0) is 25.2 Å². The van der Waals surface area contributed by atoms with E-state index < -0.39 is 18.1 Å². The maximum absolute atomic E-state index is 12.6. The highest BCUT2D eigenvalue weighted by molar-refractivity contribution is 5.83. The first-order valence-corrected chi connectivity index (χ1v) is 7.99. The molecule has 0 bridgehead atoms. The lowest BCUT2D eigenvalue weighted by molar-refractivity contribution is -0.141. The van der Waals surface area contributed by atoms with Gasteiger partial charge in [-0.3, -0.25) is 0 Å². The Labute approximate surface area is 125 Å². The van der Waals surface area contributed by atoms with Crippen LogP contribution in [0.5, 0.6) is 0 Å². The minimum absolute atomic E-state index is 0.130. The van der Waals surface area contributed by atoms with E-state index in [9.17, 15) is 19.8 Å². The highest BCUT2D eigenvalue weighted by Crippen LogP contribution is 2.25. The quantitative estimate of drug-likeness (QED) is 0.828. The van der Waals surface area contributed by atoms with Crippen LogP contribution in [0.15, 0.2) is 0 Å². The maximum atomic E-state index is 12.6. The summed E-state index contributed by atoms with van der Waals surface area (Å²) in [5.41, 5.74) is 0. The molecule has 0 radical (unpaired) electrons. The fraction of sp³-hybridized carbons (Fsp3) is 0.867. The van der Waals surface area contributed by atoms with Crippen LogP contribution in [-0.4, -0.2) is 63.8 Å². The van der Waals surface area contributed by atoms with Crippen molar-refractivity contribution in [2.45, 2.75) is 57.6 Å². The van der Waals surface area contributed by atoms with E-state index in [1.807, 2.05) is 0 Å². The van der Waals surface area contributed by atoms with Crippen molar-refractivity contribution in [3.8, 4) is 0 Å². The van der Waals surface area contributed by atoms with E-state index in [4.69, 9.17) is 0 Å². The average molecular weight is 298 g/mol. The number of rotatable bonds is 3. The molecule has 0 spiro atoms. The van der Waals surface area contributed by atoms with E-state index in [-0.39, 0.29) is 19.0 Å². The Balaban J connectivity index is 1.97. The van der Waals surface area contributed by atoms with Crippen molar-refractivity contribution in [2.75, 3.05) is 19.6 Å². The first-order chi connectivity index (χ1) is 10.0. The number of likely N-dealkylation sites (tertiary alicyclic amines) is 2. The van der Waals surface area contributed by atoms with Crippen LogP contribution in [0.1, 0.15) is 45.4 Å². The molecule has 2 aliphatic heterocycles. The maximum Gasteiger partial charge on any atom is 0.326 e. The zero-order valence-electron chi connectivity index (χ0n) is 12.7. The SMILES string of the molecule is CCCC1CCCN(C(=O)N2CC(O)C[C@H]2C(=O)O)CC1. The average Bonchev–Trinajstić information content (AvgIpc) is 2.68. The monoisotopic (exact) mass is 298 g/mol. The molecule has 2 aliphatic rings. The first kappa shape index (κ1) is 16.1. The molecule has 2 rings (SSSR count). The van der Waals surface area contributed by atoms with Crippen LogP contribution >= 0.6 is 0 Å². The molecule has 0 aliphatic carbocycles. The van der Waals surface area contributed by atoms with Crippen LogP contribution in [0.25, 0.3) is 0 Å². The Morgan fingerprint density at radius 1 is 1.24 bits per heavy atom. The summed E-state index contributed by atoms with van der Waals surface area (Å²) in [5.74, 6) is -0.356. The molecule has 6 heteroatoms. The van der Waals surface area contributed by atoms with Gasteiger partial charge >= 0.3 is 12.0 Å². The summed E-state index contributed by atoms with van der Waals surface area (Å²) in [6.07, 6.45) is 4.88. The van der Waals surface area contributed by atoms with Crippen LogP contribution in [0.2, 0.25) is 0 Å². The molecular weight excluding hydrogens is 272 g/mol. The summed E-state index contributed by atoms with van der Waals surface area (Å²) in [6.45, 7) is 3.70. The number of carbonyl (C=O) groups is 2. The molecule has 2 fully saturated rings. The summed E-state index contributed by atoms with van der Waals surface area (Å²) in [6, 6.07) is -1.11. The number of nitrogens with zero attached hydrogens (tertiary/aromatic N) is 2. The minimum atomic E-state index is -1.03. The third-order valence-electron chi connectivity index (χ3n) is 4.62. The van der Waals surface area contributed by atoms with E-state index in [2.05, 4.69) is 6.92 Å². The number of aliphatic carboxylic acids is 1. The van der Waals surface area contributed by atoms with Crippen molar-refractivity contribution >= 4 is 12.0 Å². The first-order valence-electron chi connectivity index (χ1n) is 7.99. The van der Waals surface area contributed by atoms with Gasteiger partial charge in [0.05, 0.1) is 6.10 Å². The van der Waals surface area contributed by atoms with Gasteiger partial charge in [-0.15, -0.1) is 0 Å². The van der Waals surface area contributed by atoms with Gasteiger partial charge in [0.25, 0.3) is 0 Å². The number of aliphatic hydroxyl groups is 1. The van der Waals surface area contributed by atoms with E-state index in [1.54, 1.807) is 4.90 Å². The predicted molar refractivity (Wildman–Crippen MR) is 78.0 cm³/mol. The van der Waals surface area contributed by atoms with Crippen LogP contribution in [0.4, 0.5) is 4.79 Å². The number of amides is 2. The zero-order chi connectivity index (χ0) is 15.4. The molecule has 0 aromatic carbocycles. The third kappa shape index (κ3) is 3.87. The topological polar surface area (TPSA) is 81.1 Å². The van der Waals surface area contributed by atoms with Crippen molar-refractivity contribution < 1.29 is 19.8 Å².